The quantitative estimate of drug-likeness (QED) is 0.284. The van der Waals surface area contributed by atoms with E-state index in [-0.39, 0.29) is 46.3 Å². The van der Waals surface area contributed by atoms with Crippen LogP contribution in [0.2, 0.25) is 0 Å². The van der Waals surface area contributed by atoms with Gasteiger partial charge < -0.3 is 14.0 Å². The van der Waals surface area contributed by atoms with E-state index >= 15 is 0 Å². The lowest BCUT2D eigenvalue weighted by molar-refractivity contribution is 0.0494. The number of aromatic nitrogens is 2. The summed E-state index contributed by atoms with van der Waals surface area (Å²) in [6.07, 6.45) is 8.68. The summed E-state index contributed by atoms with van der Waals surface area (Å²) in [5.41, 5.74) is 1.17. The van der Waals surface area contributed by atoms with E-state index in [1.807, 2.05) is 0 Å². The molecule has 3 aromatic rings. The van der Waals surface area contributed by atoms with E-state index in [2.05, 4.69) is 25.8 Å². The Labute approximate surface area is 199 Å². The van der Waals surface area contributed by atoms with Gasteiger partial charge in [-0.05, 0) is 85.5 Å². The highest BCUT2D eigenvalue weighted by atomic mass is 79.9. The molecule has 170 valence electrons. The van der Waals surface area contributed by atoms with Gasteiger partial charge in [0.15, 0.2) is 5.78 Å². The van der Waals surface area contributed by atoms with Gasteiger partial charge in [0, 0.05) is 16.9 Å². The highest BCUT2D eigenvalue weighted by molar-refractivity contribution is 9.10. The Balaban J connectivity index is 1.41. The van der Waals surface area contributed by atoms with Crippen LogP contribution in [0.5, 0.6) is 0 Å². The first-order valence-corrected chi connectivity index (χ1v) is 12.1. The van der Waals surface area contributed by atoms with Gasteiger partial charge in [-0.3, -0.25) is 14.6 Å². The normalized spacial score (nSPS) is 16.0. The molecule has 0 N–H and O–H groups in total. The van der Waals surface area contributed by atoms with Gasteiger partial charge in [-0.25, -0.2) is 4.79 Å². The number of halogens is 1. The Hall–Kier alpha value is -2.84. The fourth-order valence-electron chi connectivity index (χ4n) is 4.75. The van der Waals surface area contributed by atoms with E-state index in [0.717, 1.165) is 36.9 Å². The average molecular weight is 510 g/mol. The van der Waals surface area contributed by atoms with Crippen LogP contribution < -0.4 is 0 Å². The molecule has 5 rings (SSSR count). The van der Waals surface area contributed by atoms with Gasteiger partial charge in [-0.1, -0.05) is 6.42 Å². The van der Waals surface area contributed by atoms with E-state index < -0.39 is 5.97 Å². The summed E-state index contributed by atoms with van der Waals surface area (Å²) in [7, 11) is 0. The molecule has 1 saturated heterocycles. The first-order valence-electron chi connectivity index (χ1n) is 11.3. The van der Waals surface area contributed by atoms with E-state index in [1.165, 1.54) is 25.5 Å². The average Bonchev–Trinajstić information content (AvgIpc) is 3.17. The molecule has 0 amide bonds. The fraction of sp³-hybridized carbons (Fsp3) is 0.360. The Bertz CT molecular complexity index is 1260. The minimum Gasteiger partial charge on any atom is -0.462 e. The van der Waals surface area contributed by atoms with Crippen molar-refractivity contribution < 1.29 is 19.1 Å². The molecule has 1 aliphatic heterocycles. The number of ether oxygens (including phenoxy) is 1. The maximum absolute atomic E-state index is 13.4. The number of esters is 1. The van der Waals surface area contributed by atoms with E-state index in [9.17, 15) is 14.4 Å². The first-order chi connectivity index (χ1) is 16.1. The molecule has 7 nitrogen and oxygen atoms in total. The molecule has 0 spiro atoms. The van der Waals surface area contributed by atoms with Crippen molar-refractivity contribution in [3.63, 3.8) is 0 Å². The lowest BCUT2D eigenvalue weighted by Crippen LogP contribution is -2.30. The number of hydrogen-bond acceptors (Lipinski definition) is 6. The topological polar surface area (TPSA) is 81.0 Å². The van der Waals surface area contributed by atoms with Crippen LogP contribution in [0.4, 0.5) is 0 Å². The molecule has 4 heterocycles. The number of nitrogens with zero attached hydrogens (tertiary/aromatic N) is 3. The molecule has 1 aliphatic carbocycles. The van der Waals surface area contributed by atoms with Gasteiger partial charge in [-0.2, -0.15) is 0 Å². The third-order valence-corrected chi connectivity index (χ3v) is 6.83. The summed E-state index contributed by atoms with van der Waals surface area (Å²) in [5, 5.41) is 0. The summed E-state index contributed by atoms with van der Waals surface area (Å²) in [6.45, 7) is 3.57. The number of carbonyl (C=O) groups excluding carboxylic acids is 3. The summed E-state index contributed by atoms with van der Waals surface area (Å²) in [5.74, 6) is -1.35. The van der Waals surface area contributed by atoms with Crippen LogP contribution in [0.1, 0.15) is 74.6 Å². The van der Waals surface area contributed by atoms with Crippen LogP contribution in [-0.4, -0.2) is 58.1 Å². The second-order valence-electron chi connectivity index (χ2n) is 8.50. The number of likely N-dealkylation sites (tertiary alicyclic amines) is 1. The van der Waals surface area contributed by atoms with Crippen molar-refractivity contribution in [2.45, 2.75) is 32.1 Å². The van der Waals surface area contributed by atoms with Crippen LogP contribution in [-0.2, 0) is 4.74 Å². The number of hydrogen-bond donors (Lipinski definition) is 0. The van der Waals surface area contributed by atoms with Crippen molar-refractivity contribution >= 4 is 39.0 Å². The van der Waals surface area contributed by atoms with Crippen LogP contribution in [0, 0.1) is 0 Å². The number of carbonyl (C=O) groups is 3. The van der Waals surface area contributed by atoms with Gasteiger partial charge in [0.1, 0.15) is 11.4 Å². The third kappa shape index (κ3) is 4.02. The molecule has 33 heavy (non-hydrogen) atoms. The van der Waals surface area contributed by atoms with Crippen molar-refractivity contribution in [2.75, 3.05) is 26.2 Å². The van der Waals surface area contributed by atoms with E-state index in [4.69, 9.17) is 4.74 Å². The van der Waals surface area contributed by atoms with Crippen molar-refractivity contribution in [3.05, 3.63) is 69.2 Å². The van der Waals surface area contributed by atoms with E-state index in [0.29, 0.717) is 5.52 Å². The zero-order valence-electron chi connectivity index (χ0n) is 18.2. The highest BCUT2D eigenvalue weighted by Crippen LogP contribution is 2.34. The van der Waals surface area contributed by atoms with Crippen LogP contribution in [0.3, 0.4) is 0 Å². The molecule has 0 unspecified atom stereocenters. The second kappa shape index (κ2) is 9.19. The molecular formula is C25H24BrN3O4. The zero-order chi connectivity index (χ0) is 22.9. The van der Waals surface area contributed by atoms with Crippen molar-refractivity contribution in [1.82, 2.24) is 14.3 Å². The number of piperidine rings is 1. The molecule has 2 aliphatic rings. The number of rotatable bonds is 6. The van der Waals surface area contributed by atoms with Gasteiger partial charge in [-0.15, -0.1) is 0 Å². The highest BCUT2D eigenvalue weighted by Gasteiger charge is 2.39. The Kier molecular flexibility index (Phi) is 6.12. The maximum Gasteiger partial charge on any atom is 0.341 e. The molecule has 0 bridgehead atoms. The van der Waals surface area contributed by atoms with Crippen molar-refractivity contribution in [3.8, 4) is 0 Å². The summed E-state index contributed by atoms with van der Waals surface area (Å²) in [6, 6.07) is 6.67. The second-order valence-corrected chi connectivity index (χ2v) is 9.42. The molecule has 0 aromatic carbocycles. The summed E-state index contributed by atoms with van der Waals surface area (Å²) < 4.78 is 7.90. The summed E-state index contributed by atoms with van der Waals surface area (Å²) in [4.78, 5) is 46.4. The molecule has 3 aromatic heterocycles. The standard InChI is InChI=1S/C25H24BrN3O4/c26-16-8-9-18-19(25(32)33-14-5-4-13-28-11-2-1-3-12-28)20-22(29(18)15-16)24(31)21-17(23(20)30)7-6-10-27-21/h6-10,15H,1-5,11-14H2. The molecule has 0 radical (unpaired) electrons. The molecule has 8 heteroatoms. The SMILES string of the molecule is O=C1c2cccnc2C(=O)c2c1c(C(=O)OCCCCN1CCCCC1)c1ccc(Br)cn21. The van der Waals surface area contributed by atoms with Crippen LogP contribution in [0.15, 0.2) is 41.1 Å². The Morgan fingerprint density at radius 1 is 1.06 bits per heavy atom. The van der Waals surface area contributed by atoms with Crippen molar-refractivity contribution in [1.29, 1.82) is 0 Å². The third-order valence-electron chi connectivity index (χ3n) is 6.36. The van der Waals surface area contributed by atoms with Gasteiger partial charge >= 0.3 is 5.97 Å². The minimum absolute atomic E-state index is 0.0944. The largest absolute Gasteiger partial charge is 0.462 e. The minimum atomic E-state index is -0.581. The maximum atomic E-state index is 13.4. The van der Waals surface area contributed by atoms with E-state index in [1.54, 1.807) is 34.9 Å². The van der Waals surface area contributed by atoms with Gasteiger partial charge in [0.05, 0.1) is 28.8 Å². The monoisotopic (exact) mass is 509 g/mol. The summed E-state index contributed by atoms with van der Waals surface area (Å²) >= 11 is 3.41. The lowest BCUT2D eigenvalue weighted by atomic mass is 9.89. The Morgan fingerprint density at radius 3 is 2.70 bits per heavy atom. The van der Waals surface area contributed by atoms with Crippen LogP contribution >= 0.6 is 15.9 Å². The molecule has 1 fully saturated rings. The predicted molar refractivity (Wildman–Crippen MR) is 126 cm³/mol. The number of pyridine rings is 2. The fourth-order valence-corrected chi connectivity index (χ4v) is 5.09. The molecular weight excluding hydrogens is 486 g/mol. The lowest BCUT2D eigenvalue weighted by Gasteiger charge is -2.26. The number of ketones is 2. The smallest absolute Gasteiger partial charge is 0.341 e. The zero-order valence-corrected chi connectivity index (χ0v) is 19.8. The first kappa shape index (κ1) is 22.0. The van der Waals surface area contributed by atoms with Gasteiger partial charge in [0.25, 0.3) is 0 Å². The van der Waals surface area contributed by atoms with Gasteiger partial charge in [0.2, 0.25) is 5.78 Å². The number of unbranched alkanes of at least 4 members (excludes halogenated alkanes) is 1. The van der Waals surface area contributed by atoms with Crippen molar-refractivity contribution in [2.24, 2.45) is 0 Å². The molecule has 0 atom stereocenters. The Morgan fingerprint density at radius 2 is 1.88 bits per heavy atom. The molecule has 0 saturated carbocycles. The predicted octanol–water partition coefficient (Wildman–Crippen LogP) is 4.30. The van der Waals surface area contributed by atoms with Crippen LogP contribution in [0.25, 0.3) is 5.52 Å². The number of fused-ring (bicyclic) bond motifs is 4.